The topological polar surface area (TPSA) is 119 Å². The average Bonchev–Trinajstić information content (AvgIpc) is 3.36. The van der Waals surface area contributed by atoms with Crippen molar-refractivity contribution in [3.8, 4) is 0 Å². The summed E-state index contributed by atoms with van der Waals surface area (Å²) in [5, 5.41) is 17.3. The third-order valence-corrected chi connectivity index (χ3v) is 9.64. The van der Waals surface area contributed by atoms with Crippen molar-refractivity contribution in [2.75, 3.05) is 19.8 Å². The first-order chi connectivity index (χ1) is 15.3. The Bertz CT molecular complexity index is 1010. The molecule has 176 valence electrons. The van der Waals surface area contributed by atoms with Gasteiger partial charge in [-0.2, -0.15) is 0 Å². The summed E-state index contributed by atoms with van der Waals surface area (Å²) in [6.07, 6.45) is 1.20. The lowest BCUT2D eigenvalue weighted by Gasteiger charge is -2.34. The molecule has 1 spiro atoms. The maximum Gasteiger partial charge on any atom is 0.335 e. The van der Waals surface area contributed by atoms with Crippen LogP contribution in [-0.2, 0) is 35.3 Å². The molecule has 1 aromatic rings. The SMILES string of the molecule is CCOC(=O)C1=CC2(CCC1S(=O)(=O)C1CCc3cccc(Br)c31)O[C@@H](CO)[C@H](CO)O2. The van der Waals surface area contributed by atoms with Crippen molar-refractivity contribution in [1.29, 1.82) is 0 Å². The van der Waals surface area contributed by atoms with Gasteiger partial charge in [0.1, 0.15) is 12.2 Å². The molecule has 10 heteroatoms. The molecule has 0 bridgehead atoms. The van der Waals surface area contributed by atoms with Gasteiger partial charge in [0, 0.05) is 10.9 Å². The van der Waals surface area contributed by atoms with Gasteiger partial charge in [0.2, 0.25) is 0 Å². The molecule has 0 amide bonds. The van der Waals surface area contributed by atoms with E-state index in [1.807, 2.05) is 18.2 Å². The molecule has 8 nitrogen and oxygen atoms in total. The van der Waals surface area contributed by atoms with Gasteiger partial charge >= 0.3 is 5.97 Å². The lowest BCUT2D eigenvalue weighted by atomic mass is 9.94. The standard InChI is InChI=1S/C22H27BrO8S/c1-2-29-21(26)14-10-22(30-16(11-24)17(12-25)31-22)9-8-18(14)32(27,28)19-7-6-13-4-3-5-15(23)20(13)19/h3-5,10,16-19,24-25H,2,6-9,11-12H2,1H3/t16-,17-,18?,19?/m0/s1. The largest absolute Gasteiger partial charge is 0.463 e. The van der Waals surface area contributed by atoms with Crippen molar-refractivity contribution in [2.45, 2.75) is 61.1 Å². The number of ether oxygens (including phenoxy) is 3. The molecule has 32 heavy (non-hydrogen) atoms. The average molecular weight is 531 g/mol. The van der Waals surface area contributed by atoms with Crippen molar-refractivity contribution >= 4 is 31.7 Å². The van der Waals surface area contributed by atoms with E-state index >= 15 is 0 Å². The lowest BCUT2D eigenvalue weighted by Crippen LogP contribution is -2.42. The molecular formula is C22H27BrO8S. The smallest absolute Gasteiger partial charge is 0.335 e. The van der Waals surface area contributed by atoms with Gasteiger partial charge < -0.3 is 24.4 Å². The van der Waals surface area contributed by atoms with E-state index in [0.717, 1.165) is 15.6 Å². The Morgan fingerprint density at radius 3 is 2.50 bits per heavy atom. The Morgan fingerprint density at radius 1 is 1.19 bits per heavy atom. The van der Waals surface area contributed by atoms with Gasteiger partial charge in [-0.3, -0.25) is 0 Å². The van der Waals surface area contributed by atoms with Crippen LogP contribution in [0.2, 0.25) is 0 Å². The fourth-order valence-electron chi connectivity index (χ4n) is 4.94. The molecule has 1 fully saturated rings. The molecular weight excluding hydrogens is 504 g/mol. The Morgan fingerprint density at radius 2 is 1.88 bits per heavy atom. The summed E-state index contributed by atoms with van der Waals surface area (Å²) >= 11 is 3.49. The molecule has 0 saturated carbocycles. The normalized spacial score (nSPS) is 29.1. The number of aliphatic hydroxyl groups excluding tert-OH is 2. The Hall–Kier alpha value is -1.30. The predicted molar refractivity (Wildman–Crippen MR) is 119 cm³/mol. The van der Waals surface area contributed by atoms with Crippen LogP contribution < -0.4 is 0 Å². The number of rotatable bonds is 6. The van der Waals surface area contributed by atoms with Crippen LogP contribution in [0.5, 0.6) is 0 Å². The number of esters is 1. The second kappa shape index (κ2) is 9.15. The summed E-state index contributed by atoms with van der Waals surface area (Å²) in [6.45, 7) is 0.999. The van der Waals surface area contributed by atoms with Gasteiger partial charge in [-0.25, -0.2) is 13.2 Å². The van der Waals surface area contributed by atoms with Crippen LogP contribution in [0.1, 0.15) is 42.6 Å². The summed E-state index contributed by atoms with van der Waals surface area (Å²) in [5.74, 6) is -2.12. The molecule has 2 N–H and O–H groups in total. The second-order valence-corrected chi connectivity index (χ2v) is 11.4. The monoisotopic (exact) mass is 530 g/mol. The van der Waals surface area contributed by atoms with Crippen LogP contribution in [0.3, 0.4) is 0 Å². The van der Waals surface area contributed by atoms with Crippen LogP contribution in [0, 0.1) is 0 Å². The highest BCUT2D eigenvalue weighted by molar-refractivity contribution is 9.10. The third-order valence-electron chi connectivity index (χ3n) is 6.40. The third kappa shape index (κ3) is 4.05. The summed E-state index contributed by atoms with van der Waals surface area (Å²) in [6, 6.07) is 5.64. The maximum absolute atomic E-state index is 13.8. The van der Waals surface area contributed by atoms with Gasteiger partial charge in [-0.1, -0.05) is 28.1 Å². The molecule has 1 aromatic carbocycles. The van der Waals surface area contributed by atoms with E-state index in [-0.39, 0.29) is 38.2 Å². The Labute approximate surface area is 195 Å². The number of aryl methyl sites for hydroxylation is 1. The van der Waals surface area contributed by atoms with Crippen LogP contribution in [-0.4, -0.2) is 67.7 Å². The van der Waals surface area contributed by atoms with Gasteiger partial charge in [-0.05, 0) is 49.5 Å². The minimum atomic E-state index is -3.80. The fourth-order valence-corrected chi connectivity index (χ4v) is 8.19. The first-order valence-electron chi connectivity index (χ1n) is 10.7. The zero-order valence-corrected chi connectivity index (χ0v) is 20.1. The van der Waals surface area contributed by atoms with Crippen LogP contribution in [0.4, 0.5) is 0 Å². The van der Waals surface area contributed by atoms with Crippen molar-refractivity contribution in [3.63, 3.8) is 0 Å². The van der Waals surface area contributed by atoms with E-state index in [2.05, 4.69) is 15.9 Å². The second-order valence-electron chi connectivity index (χ2n) is 8.27. The van der Waals surface area contributed by atoms with Crippen LogP contribution >= 0.6 is 15.9 Å². The van der Waals surface area contributed by atoms with Crippen molar-refractivity contribution in [1.82, 2.24) is 0 Å². The maximum atomic E-state index is 13.8. The van der Waals surface area contributed by atoms with Gasteiger partial charge in [0.15, 0.2) is 15.6 Å². The van der Waals surface area contributed by atoms with Crippen molar-refractivity contribution in [3.05, 3.63) is 45.4 Å². The summed E-state index contributed by atoms with van der Waals surface area (Å²) in [5.41, 5.74) is 1.72. The molecule has 2 aliphatic carbocycles. The molecule has 0 aromatic heterocycles. The highest BCUT2D eigenvalue weighted by Gasteiger charge is 2.53. The lowest BCUT2D eigenvalue weighted by molar-refractivity contribution is -0.154. The van der Waals surface area contributed by atoms with E-state index < -0.39 is 44.3 Å². The number of hydrogen-bond donors (Lipinski definition) is 2. The molecule has 2 unspecified atom stereocenters. The first kappa shape index (κ1) is 23.8. The minimum Gasteiger partial charge on any atom is -0.463 e. The summed E-state index contributed by atoms with van der Waals surface area (Å²) < 4.78 is 45.3. The van der Waals surface area contributed by atoms with Crippen LogP contribution in [0.15, 0.2) is 34.3 Å². The summed E-state index contributed by atoms with van der Waals surface area (Å²) in [7, 11) is -3.80. The predicted octanol–water partition coefficient (Wildman–Crippen LogP) is 1.97. The quantitative estimate of drug-likeness (QED) is 0.535. The van der Waals surface area contributed by atoms with Gasteiger partial charge in [0.25, 0.3) is 0 Å². The number of carbonyl (C=O) groups excluding carboxylic acids is 1. The van der Waals surface area contributed by atoms with Crippen molar-refractivity contribution in [2.24, 2.45) is 0 Å². The molecule has 1 heterocycles. The number of benzene rings is 1. The van der Waals surface area contributed by atoms with Crippen LogP contribution in [0.25, 0.3) is 0 Å². The molecule has 0 radical (unpaired) electrons. The number of aliphatic hydroxyl groups is 2. The van der Waals surface area contributed by atoms with E-state index in [4.69, 9.17) is 14.2 Å². The molecule has 3 aliphatic rings. The van der Waals surface area contributed by atoms with Gasteiger partial charge in [0.05, 0.1) is 35.9 Å². The highest BCUT2D eigenvalue weighted by Crippen LogP contribution is 2.47. The van der Waals surface area contributed by atoms with Gasteiger partial charge in [-0.15, -0.1) is 0 Å². The number of sulfone groups is 1. The van der Waals surface area contributed by atoms with E-state index in [0.29, 0.717) is 12.8 Å². The molecule has 1 saturated heterocycles. The highest BCUT2D eigenvalue weighted by atomic mass is 79.9. The minimum absolute atomic E-state index is 0.0196. The molecule has 1 aliphatic heterocycles. The Balaban J connectivity index is 1.73. The number of hydrogen-bond acceptors (Lipinski definition) is 8. The summed E-state index contributed by atoms with van der Waals surface area (Å²) in [4.78, 5) is 12.9. The number of carbonyl (C=O) groups is 1. The van der Waals surface area contributed by atoms with E-state index in [1.165, 1.54) is 6.08 Å². The number of halogens is 1. The zero-order valence-electron chi connectivity index (χ0n) is 17.7. The number of fused-ring (bicyclic) bond motifs is 1. The zero-order chi connectivity index (χ0) is 23.1. The first-order valence-corrected chi connectivity index (χ1v) is 13.1. The van der Waals surface area contributed by atoms with E-state index in [9.17, 15) is 23.4 Å². The fraction of sp³-hybridized carbons (Fsp3) is 0.591. The van der Waals surface area contributed by atoms with E-state index in [1.54, 1.807) is 6.92 Å². The van der Waals surface area contributed by atoms with Crippen molar-refractivity contribution < 1.29 is 37.6 Å². The molecule has 4 atom stereocenters. The molecule has 4 rings (SSSR count). The Kier molecular flexibility index (Phi) is 6.82.